The van der Waals surface area contributed by atoms with E-state index in [1.165, 1.54) is 0 Å². The molecule has 0 radical (unpaired) electrons. The van der Waals surface area contributed by atoms with Crippen LogP contribution in [0.1, 0.15) is 17.7 Å². The molecule has 4 heteroatoms. The van der Waals surface area contributed by atoms with Gasteiger partial charge in [-0.05, 0) is 31.0 Å². The van der Waals surface area contributed by atoms with Gasteiger partial charge in [-0.3, -0.25) is 4.79 Å². The lowest BCUT2D eigenvalue weighted by Gasteiger charge is -1.99. The highest BCUT2D eigenvalue weighted by Crippen LogP contribution is 2.27. The van der Waals surface area contributed by atoms with E-state index in [9.17, 15) is 4.79 Å². The van der Waals surface area contributed by atoms with Crippen LogP contribution in [0.4, 0.5) is 0 Å². The van der Waals surface area contributed by atoms with Gasteiger partial charge in [-0.1, -0.05) is 17.7 Å². The van der Waals surface area contributed by atoms with Crippen LogP contribution in [0.5, 0.6) is 0 Å². The average molecular weight is 238 g/mol. The number of H-pyrrole nitrogens is 1. The standard InChI is InChI=1S/C12H12ClNO2/c1-7-12(13)9-6-8(3-5-11(15)16)2-4-10(9)14-7/h2,4,6,14H,3,5H2,1H3,(H,15,16). The maximum Gasteiger partial charge on any atom is 0.303 e. The number of benzene rings is 1. The summed E-state index contributed by atoms with van der Waals surface area (Å²) >= 11 is 6.13. The van der Waals surface area contributed by atoms with Gasteiger partial charge < -0.3 is 10.1 Å². The van der Waals surface area contributed by atoms with Crippen molar-refractivity contribution in [2.24, 2.45) is 0 Å². The third kappa shape index (κ3) is 2.04. The minimum absolute atomic E-state index is 0.145. The normalized spacial score (nSPS) is 10.9. The van der Waals surface area contributed by atoms with Crippen LogP contribution in [-0.2, 0) is 11.2 Å². The number of hydrogen-bond donors (Lipinski definition) is 2. The fourth-order valence-electron chi connectivity index (χ4n) is 1.75. The fraction of sp³-hybridized carbons (Fsp3) is 0.250. The molecule has 1 heterocycles. The summed E-state index contributed by atoms with van der Waals surface area (Å²) in [5.74, 6) is -0.781. The second-order valence-corrected chi connectivity index (χ2v) is 4.22. The molecule has 1 aromatic heterocycles. The Morgan fingerprint density at radius 2 is 2.25 bits per heavy atom. The Bertz CT molecular complexity index is 545. The first kappa shape index (κ1) is 11.0. The van der Waals surface area contributed by atoms with Gasteiger partial charge in [-0.15, -0.1) is 0 Å². The lowest BCUT2D eigenvalue weighted by molar-refractivity contribution is -0.136. The lowest BCUT2D eigenvalue weighted by Crippen LogP contribution is -1.97. The van der Waals surface area contributed by atoms with Gasteiger partial charge >= 0.3 is 5.97 Å². The van der Waals surface area contributed by atoms with Crippen molar-refractivity contribution in [3.05, 3.63) is 34.5 Å². The molecule has 2 N–H and O–H groups in total. The van der Waals surface area contributed by atoms with E-state index < -0.39 is 5.97 Å². The summed E-state index contributed by atoms with van der Waals surface area (Å²) in [5, 5.41) is 10.3. The van der Waals surface area contributed by atoms with Crippen molar-refractivity contribution in [2.45, 2.75) is 19.8 Å². The molecule has 1 aromatic carbocycles. The quantitative estimate of drug-likeness (QED) is 0.862. The Morgan fingerprint density at radius 1 is 1.50 bits per heavy atom. The monoisotopic (exact) mass is 237 g/mol. The molecule has 0 saturated carbocycles. The summed E-state index contributed by atoms with van der Waals surface area (Å²) in [6.45, 7) is 1.92. The van der Waals surface area contributed by atoms with Crippen LogP contribution in [-0.4, -0.2) is 16.1 Å². The van der Waals surface area contributed by atoms with E-state index in [0.717, 1.165) is 22.2 Å². The Balaban J connectivity index is 2.35. The van der Waals surface area contributed by atoms with E-state index in [1.54, 1.807) is 0 Å². The summed E-state index contributed by atoms with van der Waals surface area (Å²) in [6, 6.07) is 5.81. The van der Waals surface area contributed by atoms with Gasteiger partial charge in [0.25, 0.3) is 0 Å². The molecule has 2 aromatic rings. The zero-order chi connectivity index (χ0) is 11.7. The summed E-state index contributed by atoms with van der Waals surface area (Å²) in [5.41, 5.74) is 2.92. The Hall–Kier alpha value is -1.48. The van der Waals surface area contributed by atoms with Crippen molar-refractivity contribution in [1.82, 2.24) is 4.98 Å². The number of aliphatic carboxylic acids is 1. The van der Waals surface area contributed by atoms with Gasteiger partial charge in [0.1, 0.15) is 0 Å². The number of fused-ring (bicyclic) bond motifs is 1. The molecular formula is C12H12ClNO2. The van der Waals surface area contributed by atoms with Gasteiger partial charge in [0.05, 0.1) is 5.02 Å². The molecule has 0 fully saturated rings. The van der Waals surface area contributed by atoms with Crippen molar-refractivity contribution in [3.63, 3.8) is 0 Å². The first-order chi connectivity index (χ1) is 7.58. The molecule has 0 aliphatic heterocycles. The van der Waals surface area contributed by atoms with Crippen LogP contribution in [0.15, 0.2) is 18.2 Å². The first-order valence-electron chi connectivity index (χ1n) is 5.06. The number of rotatable bonds is 3. The summed E-state index contributed by atoms with van der Waals surface area (Å²) < 4.78 is 0. The van der Waals surface area contributed by atoms with Crippen molar-refractivity contribution < 1.29 is 9.90 Å². The Kier molecular flexibility index (Phi) is 2.88. The summed E-state index contributed by atoms with van der Waals surface area (Å²) in [6.07, 6.45) is 0.679. The van der Waals surface area contributed by atoms with E-state index in [1.807, 2.05) is 25.1 Å². The molecule has 84 valence electrons. The molecular weight excluding hydrogens is 226 g/mol. The predicted octanol–water partition coefficient (Wildman–Crippen LogP) is 3.15. The number of aryl methyl sites for hydroxylation is 2. The van der Waals surface area contributed by atoms with E-state index in [-0.39, 0.29) is 6.42 Å². The van der Waals surface area contributed by atoms with Crippen molar-refractivity contribution >= 4 is 28.5 Å². The highest BCUT2D eigenvalue weighted by atomic mass is 35.5. The predicted molar refractivity (Wildman–Crippen MR) is 64.0 cm³/mol. The minimum Gasteiger partial charge on any atom is -0.481 e. The van der Waals surface area contributed by atoms with Gasteiger partial charge in [-0.2, -0.15) is 0 Å². The maximum absolute atomic E-state index is 10.5. The second kappa shape index (κ2) is 4.18. The summed E-state index contributed by atoms with van der Waals surface area (Å²) in [7, 11) is 0. The van der Waals surface area contributed by atoms with Gasteiger partial charge in [0.2, 0.25) is 0 Å². The van der Waals surface area contributed by atoms with Gasteiger partial charge in [-0.25, -0.2) is 0 Å². The molecule has 2 rings (SSSR count). The summed E-state index contributed by atoms with van der Waals surface area (Å²) in [4.78, 5) is 13.6. The molecule has 0 saturated heterocycles. The third-order valence-electron chi connectivity index (χ3n) is 2.60. The number of aromatic nitrogens is 1. The van der Waals surface area contributed by atoms with E-state index in [4.69, 9.17) is 16.7 Å². The van der Waals surface area contributed by atoms with E-state index in [0.29, 0.717) is 11.4 Å². The topological polar surface area (TPSA) is 53.1 Å². The fourth-order valence-corrected chi connectivity index (χ4v) is 1.95. The first-order valence-corrected chi connectivity index (χ1v) is 5.44. The zero-order valence-electron chi connectivity index (χ0n) is 8.88. The van der Waals surface area contributed by atoms with E-state index >= 15 is 0 Å². The number of carboxylic acids is 1. The van der Waals surface area contributed by atoms with Crippen molar-refractivity contribution in [3.8, 4) is 0 Å². The van der Waals surface area contributed by atoms with Gasteiger partial charge in [0, 0.05) is 23.0 Å². The van der Waals surface area contributed by atoms with Crippen molar-refractivity contribution in [1.29, 1.82) is 0 Å². The zero-order valence-corrected chi connectivity index (χ0v) is 9.64. The Labute approximate surface area is 98.0 Å². The number of nitrogens with one attached hydrogen (secondary N) is 1. The molecule has 0 amide bonds. The van der Waals surface area contributed by atoms with Gasteiger partial charge in [0.15, 0.2) is 0 Å². The molecule has 0 atom stereocenters. The van der Waals surface area contributed by atoms with Crippen LogP contribution in [0.2, 0.25) is 5.02 Å². The van der Waals surface area contributed by atoms with Crippen LogP contribution in [0.3, 0.4) is 0 Å². The minimum atomic E-state index is -0.781. The maximum atomic E-state index is 10.5. The molecule has 0 spiro atoms. The molecule has 3 nitrogen and oxygen atoms in total. The number of aromatic amines is 1. The average Bonchev–Trinajstić information content (AvgIpc) is 2.52. The molecule has 0 unspecified atom stereocenters. The number of carbonyl (C=O) groups is 1. The molecule has 0 aliphatic rings. The largest absolute Gasteiger partial charge is 0.481 e. The lowest BCUT2D eigenvalue weighted by atomic mass is 10.1. The highest BCUT2D eigenvalue weighted by Gasteiger charge is 2.07. The molecule has 0 aliphatic carbocycles. The Morgan fingerprint density at radius 3 is 2.94 bits per heavy atom. The second-order valence-electron chi connectivity index (χ2n) is 3.84. The van der Waals surface area contributed by atoms with Crippen molar-refractivity contribution in [2.75, 3.05) is 0 Å². The number of carboxylic acid groups (broad SMARTS) is 1. The SMILES string of the molecule is Cc1[nH]c2ccc(CCC(=O)O)cc2c1Cl. The number of hydrogen-bond acceptors (Lipinski definition) is 1. The van der Waals surface area contributed by atoms with Crippen LogP contribution < -0.4 is 0 Å². The van der Waals surface area contributed by atoms with Crippen LogP contribution in [0.25, 0.3) is 10.9 Å². The third-order valence-corrected chi connectivity index (χ3v) is 3.09. The van der Waals surface area contributed by atoms with E-state index in [2.05, 4.69) is 4.98 Å². The highest BCUT2D eigenvalue weighted by molar-refractivity contribution is 6.36. The number of halogens is 1. The smallest absolute Gasteiger partial charge is 0.303 e. The molecule has 0 bridgehead atoms. The molecule has 16 heavy (non-hydrogen) atoms. The van der Waals surface area contributed by atoms with Crippen LogP contribution in [0, 0.1) is 6.92 Å². The van der Waals surface area contributed by atoms with Crippen LogP contribution >= 0.6 is 11.6 Å².